The van der Waals surface area contributed by atoms with Gasteiger partial charge >= 0.3 is 5.97 Å². The number of nitrogens with zero attached hydrogens (tertiary/aromatic N) is 4. The summed E-state index contributed by atoms with van der Waals surface area (Å²) in [5.41, 5.74) is 1.59. The van der Waals surface area contributed by atoms with Crippen molar-refractivity contribution in [1.82, 2.24) is 19.9 Å². The van der Waals surface area contributed by atoms with E-state index in [2.05, 4.69) is 10.3 Å². The number of carbonyl (C=O) groups is 2. The van der Waals surface area contributed by atoms with Crippen molar-refractivity contribution in [2.24, 2.45) is 0 Å². The van der Waals surface area contributed by atoms with Gasteiger partial charge in [-0.15, -0.1) is 5.10 Å². The minimum Gasteiger partial charge on any atom is -0.481 e. The van der Waals surface area contributed by atoms with Crippen LogP contribution in [0.3, 0.4) is 0 Å². The molecule has 0 saturated carbocycles. The number of carboxylic acid groups (broad SMARTS) is 1. The van der Waals surface area contributed by atoms with Crippen molar-refractivity contribution in [2.45, 2.75) is 18.9 Å². The number of β-amino-alcohol motifs (C(OH)–C–C–N with tert-alkyl or cyclic N) is 1. The lowest BCUT2D eigenvalue weighted by molar-refractivity contribution is -0.136. The molecule has 23 heavy (non-hydrogen) atoms. The first-order valence-corrected chi connectivity index (χ1v) is 7.24. The van der Waals surface area contributed by atoms with Crippen LogP contribution in [0.4, 0.5) is 0 Å². The van der Waals surface area contributed by atoms with E-state index in [9.17, 15) is 14.7 Å². The summed E-state index contributed by atoms with van der Waals surface area (Å²) in [5, 5.41) is 25.9. The van der Waals surface area contributed by atoms with Crippen molar-refractivity contribution in [2.75, 3.05) is 13.1 Å². The topological polar surface area (TPSA) is 109 Å². The van der Waals surface area contributed by atoms with E-state index in [0.717, 1.165) is 0 Å². The van der Waals surface area contributed by atoms with Crippen LogP contribution in [-0.4, -0.2) is 61.2 Å². The number of aliphatic hydroxyl groups excluding tert-OH is 1. The van der Waals surface area contributed by atoms with E-state index in [1.807, 2.05) is 0 Å². The second-order valence-electron chi connectivity index (χ2n) is 5.47. The van der Waals surface area contributed by atoms with Crippen LogP contribution >= 0.6 is 0 Å². The average Bonchev–Trinajstić information content (AvgIpc) is 3.15. The highest BCUT2D eigenvalue weighted by Gasteiger charge is 2.25. The normalized spacial score (nSPS) is 17.4. The summed E-state index contributed by atoms with van der Waals surface area (Å²) >= 11 is 0. The fraction of sp³-hybridized carbons (Fsp3) is 0.333. The number of hydrogen-bond donors (Lipinski definition) is 2. The summed E-state index contributed by atoms with van der Waals surface area (Å²) in [6.07, 6.45) is 1.52. The summed E-state index contributed by atoms with van der Waals surface area (Å²) in [5.74, 6) is -1.08. The maximum Gasteiger partial charge on any atom is 0.309 e. The molecule has 1 fully saturated rings. The first-order valence-electron chi connectivity index (χ1n) is 7.24. The van der Waals surface area contributed by atoms with Crippen molar-refractivity contribution in [1.29, 1.82) is 0 Å². The Kier molecular flexibility index (Phi) is 4.07. The molecule has 120 valence electrons. The van der Waals surface area contributed by atoms with Gasteiger partial charge in [-0.3, -0.25) is 9.59 Å². The molecule has 0 bridgehead atoms. The SMILES string of the molecule is O=C(O)Cc1cn(-c2ccc(C(=O)N3CC[C@@H](O)C3)cc2)nn1. The Morgan fingerprint density at radius 3 is 2.61 bits per heavy atom. The molecule has 1 aromatic carbocycles. The van der Waals surface area contributed by atoms with Crippen LogP contribution in [0.1, 0.15) is 22.5 Å². The molecule has 8 nitrogen and oxygen atoms in total. The Balaban J connectivity index is 1.73. The number of amides is 1. The number of aromatic nitrogens is 3. The third-order valence-corrected chi connectivity index (χ3v) is 3.70. The maximum atomic E-state index is 12.3. The molecule has 1 saturated heterocycles. The fourth-order valence-electron chi connectivity index (χ4n) is 2.53. The van der Waals surface area contributed by atoms with Crippen LogP contribution in [0, 0.1) is 0 Å². The third kappa shape index (κ3) is 3.37. The van der Waals surface area contributed by atoms with E-state index in [1.165, 1.54) is 4.68 Å². The van der Waals surface area contributed by atoms with E-state index >= 15 is 0 Å². The highest BCUT2D eigenvalue weighted by molar-refractivity contribution is 5.94. The van der Waals surface area contributed by atoms with Gasteiger partial charge < -0.3 is 15.1 Å². The van der Waals surface area contributed by atoms with E-state index in [4.69, 9.17) is 5.11 Å². The number of benzene rings is 1. The lowest BCUT2D eigenvalue weighted by atomic mass is 10.2. The summed E-state index contributed by atoms with van der Waals surface area (Å²) in [7, 11) is 0. The molecule has 0 radical (unpaired) electrons. The Bertz CT molecular complexity index is 725. The number of hydrogen-bond acceptors (Lipinski definition) is 5. The van der Waals surface area contributed by atoms with Gasteiger partial charge in [-0.05, 0) is 30.7 Å². The summed E-state index contributed by atoms with van der Waals surface area (Å²) in [6.45, 7) is 0.922. The number of aliphatic hydroxyl groups is 1. The Morgan fingerprint density at radius 2 is 2.00 bits per heavy atom. The molecule has 1 aliphatic heterocycles. The zero-order chi connectivity index (χ0) is 16.4. The molecule has 8 heteroatoms. The van der Waals surface area contributed by atoms with Gasteiger partial charge in [0, 0.05) is 18.7 Å². The van der Waals surface area contributed by atoms with Crippen molar-refractivity contribution in [3.8, 4) is 5.69 Å². The van der Waals surface area contributed by atoms with Crippen LogP contribution < -0.4 is 0 Å². The summed E-state index contributed by atoms with van der Waals surface area (Å²) in [4.78, 5) is 24.6. The predicted octanol–water partition coefficient (Wildman–Crippen LogP) is 0.101. The molecule has 1 amide bonds. The second kappa shape index (κ2) is 6.17. The lowest BCUT2D eigenvalue weighted by Crippen LogP contribution is -2.29. The van der Waals surface area contributed by atoms with Crippen LogP contribution in [0.5, 0.6) is 0 Å². The van der Waals surface area contributed by atoms with Crippen LogP contribution in [0.15, 0.2) is 30.5 Å². The van der Waals surface area contributed by atoms with Gasteiger partial charge in [-0.25, -0.2) is 4.68 Å². The number of aliphatic carboxylic acids is 1. The maximum absolute atomic E-state index is 12.3. The third-order valence-electron chi connectivity index (χ3n) is 3.70. The molecular formula is C15H16N4O4. The molecule has 2 heterocycles. The smallest absolute Gasteiger partial charge is 0.309 e. The molecule has 0 aliphatic carbocycles. The monoisotopic (exact) mass is 316 g/mol. The van der Waals surface area contributed by atoms with Gasteiger partial charge in [0.15, 0.2) is 0 Å². The Labute approximate surface area is 132 Å². The van der Waals surface area contributed by atoms with Gasteiger partial charge in [-0.2, -0.15) is 0 Å². The largest absolute Gasteiger partial charge is 0.481 e. The molecule has 0 unspecified atom stereocenters. The quantitative estimate of drug-likeness (QED) is 0.828. The van der Waals surface area contributed by atoms with Gasteiger partial charge in [0.05, 0.1) is 30.1 Å². The minimum atomic E-state index is -0.967. The molecule has 2 N–H and O–H groups in total. The fourth-order valence-corrected chi connectivity index (χ4v) is 2.53. The van der Waals surface area contributed by atoms with Gasteiger partial charge in [0.25, 0.3) is 5.91 Å². The number of likely N-dealkylation sites (tertiary alicyclic amines) is 1. The second-order valence-corrected chi connectivity index (χ2v) is 5.47. The van der Waals surface area contributed by atoms with E-state index in [0.29, 0.717) is 36.5 Å². The molecule has 1 aliphatic rings. The lowest BCUT2D eigenvalue weighted by Gasteiger charge is -2.15. The molecule has 0 spiro atoms. The Morgan fingerprint density at radius 1 is 1.26 bits per heavy atom. The standard InChI is InChI=1S/C15H16N4O4/c20-13-5-6-18(9-13)15(23)10-1-3-12(4-2-10)19-8-11(16-17-19)7-14(21)22/h1-4,8,13,20H,5-7,9H2,(H,21,22)/t13-/m1/s1. The highest BCUT2D eigenvalue weighted by Crippen LogP contribution is 2.15. The highest BCUT2D eigenvalue weighted by atomic mass is 16.4. The van der Waals surface area contributed by atoms with E-state index in [1.54, 1.807) is 35.4 Å². The summed E-state index contributed by atoms with van der Waals surface area (Å²) < 4.78 is 1.46. The molecule has 1 atom stereocenters. The van der Waals surface area contributed by atoms with Crippen molar-refractivity contribution < 1.29 is 19.8 Å². The molecule has 1 aromatic heterocycles. The first kappa shape index (κ1) is 15.2. The van der Waals surface area contributed by atoms with Crippen molar-refractivity contribution >= 4 is 11.9 Å². The van der Waals surface area contributed by atoms with Crippen molar-refractivity contribution in [3.63, 3.8) is 0 Å². The molecule has 2 aromatic rings. The minimum absolute atomic E-state index is 0.113. The molecular weight excluding hydrogens is 300 g/mol. The van der Waals surface area contributed by atoms with Crippen LogP contribution in [-0.2, 0) is 11.2 Å². The van der Waals surface area contributed by atoms with Crippen LogP contribution in [0.25, 0.3) is 5.69 Å². The van der Waals surface area contributed by atoms with Crippen LogP contribution in [0.2, 0.25) is 0 Å². The van der Waals surface area contributed by atoms with Gasteiger partial charge in [0.2, 0.25) is 0 Å². The summed E-state index contributed by atoms with van der Waals surface area (Å²) in [6, 6.07) is 6.81. The van der Waals surface area contributed by atoms with E-state index < -0.39 is 12.1 Å². The number of carboxylic acids is 1. The van der Waals surface area contributed by atoms with Crippen molar-refractivity contribution in [3.05, 3.63) is 41.7 Å². The van der Waals surface area contributed by atoms with E-state index in [-0.39, 0.29) is 12.3 Å². The Hall–Kier alpha value is -2.74. The number of carbonyl (C=O) groups excluding carboxylic acids is 1. The first-order chi connectivity index (χ1) is 11.0. The molecule has 3 rings (SSSR count). The van der Waals surface area contributed by atoms with Gasteiger partial charge in [-0.1, -0.05) is 5.21 Å². The zero-order valence-electron chi connectivity index (χ0n) is 12.3. The predicted molar refractivity (Wildman–Crippen MR) is 79.2 cm³/mol. The average molecular weight is 316 g/mol. The number of rotatable bonds is 4. The zero-order valence-corrected chi connectivity index (χ0v) is 12.3. The van der Waals surface area contributed by atoms with Gasteiger partial charge in [0.1, 0.15) is 0 Å².